The minimum absolute atomic E-state index is 0.0230. The molecule has 232 valence electrons. The molecule has 12 heteroatoms. The summed E-state index contributed by atoms with van der Waals surface area (Å²) in [4.78, 5) is 13.8. The Kier molecular flexibility index (Phi) is 10.7. The van der Waals surface area contributed by atoms with Crippen molar-refractivity contribution in [3.63, 3.8) is 0 Å². The summed E-state index contributed by atoms with van der Waals surface area (Å²) in [5.74, 6) is -0.676. The number of nitrogens with one attached hydrogen (secondary N) is 2. The van der Waals surface area contributed by atoms with E-state index in [1.165, 1.54) is 24.3 Å². The molecule has 0 radical (unpaired) electrons. The Morgan fingerprint density at radius 3 is 2.16 bits per heavy atom. The quantitative estimate of drug-likeness (QED) is 0.177. The molecule has 0 fully saturated rings. The maximum atomic E-state index is 13.8. The summed E-state index contributed by atoms with van der Waals surface area (Å²) in [6, 6.07) is 25.7. The van der Waals surface area contributed by atoms with Crippen LogP contribution in [0.5, 0.6) is 0 Å². The van der Waals surface area contributed by atoms with E-state index < -0.39 is 39.8 Å². The molecular formula is C32H31ClF3N3O4S. The summed E-state index contributed by atoms with van der Waals surface area (Å²) >= 11 is 6.50. The van der Waals surface area contributed by atoms with Crippen LogP contribution in [0, 0.1) is 0 Å². The van der Waals surface area contributed by atoms with Crippen LogP contribution in [0.25, 0.3) is 0 Å². The molecule has 1 amide bonds. The molecule has 0 saturated carbocycles. The van der Waals surface area contributed by atoms with Crippen molar-refractivity contribution in [1.82, 2.24) is 10.6 Å². The first-order valence-electron chi connectivity index (χ1n) is 13.6. The van der Waals surface area contributed by atoms with E-state index in [0.717, 1.165) is 28.3 Å². The molecule has 0 unspecified atom stereocenters. The molecule has 0 aliphatic rings. The van der Waals surface area contributed by atoms with Crippen LogP contribution in [0.3, 0.4) is 0 Å². The summed E-state index contributed by atoms with van der Waals surface area (Å²) in [7, 11) is -3.95. The minimum atomic E-state index is -4.48. The number of hydrogen-bond acceptors (Lipinski definition) is 5. The van der Waals surface area contributed by atoms with Gasteiger partial charge in [0.05, 0.1) is 45.9 Å². The minimum Gasteiger partial charge on any atom is -0.390 e. The average molecular weight is 646 g/mol. The van der Waals surface area contributed by atoms with Crippen LogP contribution in [0.4, 0.5) is 24.5 Å². The number of hydrogen-bond donors (Lipinski definition) is 3. The van der Waals surface area contributed by atoms with Gasteiger partial charge in [-0.1, -0.05) is 84.4 Å². The number of para-hydroxylation sites is 2. The highest BCUT2D eigenvalue weighted by molar-refractivity contribution is 7.92. The number of aliphatic hydroxyl groups excluding tert-OH is 1. The lowest BCUT2D eigenvalue weighted by Gasteiger charge is -2.28. The van der Waals surface area contributed by atoms with Crippen molar-refractivity contribution in [2.24, 2.45) is 0 Å². The molecule has 0 aliphatic carbocycles. The molecule has 0 aromatic heterocycles. The van der Waals surface area contributed by atoms with Crippen molar-refractivity contribution in [3.05, 3.63) is 130 Å². The monoisotopic (exact) mass is 645 g/mol. The number of rotatable bonds is 12. The summed E-state index contributed by atoms with van der Waals surface area (Å²) in [6.45, 7) is -0.0122. The standard InChI is InChI=1S/C32H31ClF3N3O4S/c1-44(42,43)39(25-14-6-3-7-15-25)30-26(16-9-17-27(30)33)31(41)38-28(19-22-10-4-2-5-11-22)29(40)21-37-20-23-12-8-13-24(18-23)32(34,35)36/h2-18,28-29,37,40H,19-21H2,1H3,(H,38,41)/t28-,29+/m0/s1. The topological polar surface area (TPSA) is 98.7 Å². The van der Waals surface area contributed by atoms with Gasteiger partial charge in [0.15, 0.2) is 0 Å². The van der Waals surface area contributed by atoms with Crippen LogP contribution in [0.1, 0.15) is 27.0 Å². The third-order valence-electron chi connectivity index (χ3n) is 6.77. The Morgan fingerprint density at radius 2 is 1.52 bits per heavy atom. The highest BCUT2D eigenvalue weighted by Crippen LogP contribution is 2.37. The van der Waals surface area contributed by atoms with Gasteiger partial charge < -0.3 is 15.7 Å². The number of carbonyl (C=O) groups is 1. The van der Waals surface area contributed by atoms with Gasteiger partial charge in [0.1, 0.15) is 0 Å². The third kappa shape index (κ3) is 8.60. The zero-order chi connectivity index (χ0) is 31.9. The number of benzene rings is 4. The van der Waals surface area contributed by atoms with Gasteiger partial charge in [-0.05, 0) is 47.9 Å². The van der Waals surface area contributed by atoms with Gasteiger partial charge >= 0.3 is 6.18 Å². The molecule has 0 spiro atoms. The Hall–Kier alpha value is -3.90. The lowest BCUT2D eigenvalue weighted by Crippen LogP contribution is -2.49. The van der Waals surface area contributed by atoms with E-state index in [4.69, 9.17) is 11.6 Å². The SMILES string of the molecule is CS(=O)(=O)N(c1ccccc1)c1c(Cl)cccc1C(=O)N[C@@H](Cc1ccccc1)[C@H](O)CNCc1cccc(C(F)(F)F)c1. The molecule has 0 aliphatic heterocycles. The summed E-state index contributed by atoms with van der Waals surface area (Å²) in [6.07, 6.45) is -4.44. The first kappa shape index (κ1) is 33.0. The molecule has 0 heterocycles. The van der Waals surface area contributed by atoms with Crippen molar-refractivity contribution in [2.45, 2.75) is 31.3 Å². The maximum absolute atomic E-state index is 13.8. The van der Waals surface area contributed by atoms with Crippen molar-refractivity contribution >= 4 is 38.9 Å². The smallest absolute Gasteiger partial charge is 0.390 e. The lowest BCUT2D eigenvalue weighted by atomic mass is 10.00. The van der Waals surface area contributed by atoms with Crippen molar-refractivity contribution < 1.29 is 31.5 Å². The molecule has 3 N–H and O–H groups in total. The highest BCUT2D eigenvalue weighted by Gasteiger charge is 2.31. The van der Waals surface area contributed by atoms with Crippen LogP contribution in [0.15, 0.2) is 103 Å². The highest BCUT2D eigenvalue weighted by atomic mass is 35.5. The summed E-state index contributed by atoms with van der Waals surface area (Å²) < 4.78 is 66.3. The van der Waals surface area contributed by atoms with E-state index in [0.29, 0.717) is 5.56 Å². The maximum Gasteiger partial charge on any atom is 0.416 e. The first-order chi connectivity index (χ1) is 20.8. The van der Waals surface area contributed by atoms with Crippen molar-refractivity contribution in [1.29, 1.82) is 0 Å². The number of aliphatic hydroxyl groups is 1. The van der Waals surface area contributed by atoms with Crippen molar-refractivity contribution in [3.8, 4) is 0 Å². The third-order valence-corrected chi connectivity index (χ3v) is 8.13. The number of alkyl halides is 3. The average Bonchev–Trinajstić information content (AvgIpc) is 2.98. The molecule has 4 aromatic carbocycles. The van der Waals surface area contributed by atoms with Gasteiger partial charge in [-0.2, -0.15) is 13.2 Å². The molecule has 2 atom stereocenters. The Morgan fingerprint density at radius 1 is 0.909 bits per heavy atom. The normalized spacial score (nSPS) is 13.2. The Labute approximate surface area is 259 Å². The summed E-state index contributed by atoms with van der Waals surface area (Å²) in [5.41, 5.74) is 0.605. The number of amides is 1. The van der Waals surface area contributed by atoms with Crippen LogP contribution >= 0.6 is 11.6 Å². The fraction of sp³-hybridized carbons (Fsp3) is 0.219. The predicted molar refractivity (Wildman–Crippen MR) is 165 cm³/mol. The van der Waals surface area contributed by atoms with Crippen LogP contribution in [-0.2, 0) is 29.2 Å². The number of carbonyl (C=O) groups excluding carboxylic acids is 1. The van der Waals surface area contributed by atoms with Gasteiger partial charge in [0, 0.05) is 13.1 Å². The van der Waals surface area contributed by atoms with Crippen LogP contribution in [-0.4, -0.2) is 44.4 Å². The van der Waals surface area contributed by atoms with Crippen LogP contribution in [0.2, 0.25) is 5.02 Å². The molecular weight excluding hydrogens is 615 g/mol. The Bertz CT molecular complexity index is 1670. The molecule has 0 saturated heterocycles. The zero-order valence-electron chi connectivity index (χ0n) is 23.6. The molecule has 4 aromatic rings. The van der Waals surface area contributed by atoms with E-state index >= 15 is 0 Å². The van der Waals surface area contributed by atoms with E-state index in [1.807, 2.05) is 30.3 Å². The van der Waals surface area contributed by atoms with Gasteiger partial charge in [-0.25, -0.2) is 12.7 Å². The Balaban J connectivity index is 1.59. The molecule has 44 heavy (non-hydrogen) atoms. The van der Waals surface area contributed by atoms with E-state index in [1.54, 1.807) is 36.4 Å². The van der Waals surface area contributed by atoms with Gasteiger partial charge in [-0.15, -0.1) is 0 Å². The molecule has 4 rings (SSSR count). The van der Waals surface area contributed by atoms with Gasteiger partial charge in [-0.3, -0.25) is 4.79 Å². The largest absolute Gasteiger partial charge is 0.416 e. The van der Waals surface area contributed by atoms with Crippen molar-refractivity contribution in [2.75, 3.05) is 17.1 Å². The number of sulfonamides is 1. The summed E-state index contributed by atoms with van der Waals surface area (Å²) in [5, 5.41) is 17.0. The number of nitrogens with zero attached hydrogens (tertiary/aromatic N) is 1. The van der Waals surface area contributed by atoms with Crippen LogP contribution < -0.4 is 14.9 Å². The first-order valence-corrected chi connectivity index (χ1v) is 15.8. The van der Waals surface area contributed by atoms with Gasteiger partial charge in [0.2, 0.25) is 10.0 Å². The number of anilines is 2. The fourth-order valence-electron chi connectivity index (χ4n) is 4.72. The molecule has 7 nitrogen and oxygen atoms in total. The van der Waals surface area contributed by atoms with E-state index in [2.05, 4.69) is 10.6 Å². The lowest BCUT2D eigenvalue weighted by molar-refractivity contribution is -0.137. The van der Waals surface area contributed by atoms with E-state index in [-0.39, 0.29) is 41.5 Å². The predicted octanol–water partition coefficient (Wildman–Crippen LogP) is 5.95. The van der Waals surface area contributed by atoms with Gasteiger partial charge in [0.25, 0.3) is 5.91 Å². The number of halogens is 4. The fourth-order valence-corrected chi connectivity index (χ4v) is 6.06. The molecule has 0 bridgehead atoms. The van der Waals surface area contributed by atoms with E-state index in [9.17, 15) is 31.5 Å². The second kappa shape index (κ2) is 14.3. The second-order valence-electron chi connectivity index (χ2n) is 10.2. The zero-order valence-corrected chi connectivity index (χ0v) is 25.2. The second-order valence-corrected chi connectivity index (χ2v) is 12.4.